The molecule has 3 atom stereocenters. The maximum atomic E-state index is 11.4. The molecule has 1 aliphatic heterocycles. The molecule has 2 aliphatic rings. The lowest BCUT2D eigenvalue weighted by atomic mass is 9.80. The van der Waals surface area contributed by atoms with E-state index in [9.17, 15) is 4.79 Å². The Hall–Kier alpha value is -0.830. The molecule has 2 rings (SSSR count). The van der Waals surface area contributed by atoms with Crippen molar-refractivity contribution in [2.75, 3.05) is 13.2 Å². The number of carbonyl (C=O) groups excluding carboxylic acids is 1. The molecule has 0 spiro atoms. The van der Waals surface area contributed by atoms with Gasteiger partial charge in [-0.25, -0.2) is 4.79 Å². The Bertz CT molecular complexity index is 272. The van der Waals surface area contributed by atoms with Crippen LogP contribution in [-0.4, -0.2) is 25.3 Å². The Morgan fingerprint density at radius 3 is 2.80 bits per heavy atom. The summed E-state index contributed by atoms with van der Waals surface area (Å²) in [6.07, 6.45) is 3.14. The summed E-state index contributed by atoms with van der Waals surface area (Å²) in [7, 11) is 0. The van der Waals surface area contributed by atoms with E-state index >= 15 is 0 Å². The van der Waals surface area contributed by atoms with Gasteiger partial charge in [-0.1, -0.05) is 6.58 Å². The van der Waals surface area contributed by atoms with Crippen LogP contribution in [0.3, 0.4) is 0 Å². The molecule has 15 heavy (non-hydrogen) atoms. The normalized spacial score (nSPS) is 34.6. The second kappa shape index (κ2) is 4.35. The van der Waals surface area contributed by atoms with Crippen LogP contribution in [0.1, 0.15) is 26.2 Å². The predicted molar refractivity (Wildman–Crippen MR) is 56.3 cm³/mol. The Labute approximate surface area is 90.4 Å². The van der Waals surface area contributed by atoms with Crippen LogP contribution in [-0.2, 0) is 14.3 Å². The molecule has 0 aromatic carbocycles. The molecule has 1 aliphatic carbocycles. The molecular weight excluding hydrogens is 192 g/mol. The quantitative estimate of drug-likeness (QED) is 0.516. The van der Waals surface area contributed by atoms with Crippen LogP contribution in [0.15, 0.2) is 12.2 Å². The Morgan fingerprint density at radius 2 is 2.07 bits per heavy atom. The molecule has 1 saturated heterocycles. The van der Waals surface area contributed by atoms with E-state index in [2.05, 4.69) is 6.58 Å². The largest absolute Gasteiger partial charge is 0.459 e. The highest BCUT2D eigenvalue weighted by Gasteiger charge is 2.36. The maximum Gasteiger partial charge on any atom is 0.333 e. The van der Waals surface area contributed by atoms with E-state index < -0.39 is 0 Å². The van der Waals surface area contributed by atoms with Crippen molar-refractivity contribution >= 4 is 5.97 Å². The maximum absolute atomic E-state index is 11.4. The summed E-state index contributed by atoms with van der Waals surface area (Å²) in [4.78, 5) is 11.4. The molecule has 0 aromatic rings. The zero-order valence-electron chi connectivity index (χ0n) is 9.20. The fourth-order valence-electron chi connectivity index (χ4n) is 2.44. The van der Waals surface area contributed by atoms with E-state index in [1.165, 1.54) is 0 Å². The smallest absolute Gasteiger partial charge is 0.333 e. The van der Waals surface area contributed by atoms with Gasteiger partial charge >= 0.3 is 5.97 Å². The van der Waals surface area contributed by atoms with Crippen LogP contribution in [0.4, 0.5) is 0 Å². The van der Waals surface area contributed by atoms with E-state index in [0.717, 1.165) is 32.5 Å². The molecule has 0 aromatic heterocycles. The summed E-state index contributed by atoms with van der Waals surface area (Å²) in [5.74, 6) is 1.05. The lowest BCUT2D eigenvalue weighted by Gasteiger charge is -2.30. The van der Waals surface area contributed by atoms with Gasteiger partial charge in [0.1, 0.15) is 6.10 Å². The zero-order chi connectivity index (χ0) is 10.8. The van der Waals surface area contributed by atoms with Crippen molar-refractivity contribution < 1.29 is 14.3 Å². The Morgan fingerprint density at radius 1 is 1.33 bits per heavy atom. The zero-order valence-corrected chi connectivity index (χ0v) is 9.20. The first-order valence-electron chi connectivity index (χ1n) is 5.61. The summed E-state index contributed by atoms with van der Waals surface area (Å²) in [6, 6.07) is 0. The molecule has 3 unspecified atom stereocenters. The van der Waals surface area contributed by atoms with Gasteiger partial charge in [-0.05, 0) is 38.0 Å². The third-order valence-electron chi connectivity index (χ3n) is 3.38. The molecule has 3 heteroatoms. The minimum Gasteiger partial charge on any atom is -0.459 e. The fraction of sp³-hybridized carbons (Fsp3) is 0.750. The molecular formula is C12H18O3. The standard InChI is InChI=1S/C12H18O3/c1-8(2)12(13)15-11-4-3-9-6-14-7-10(9)5-11/h9-11H,1,3-7H2,2H3. The van der Waals surface area contributed by atoms with Gasteiger partial charge in [0.25, 0.3) is 0 Å². The van der Waals surface area contributed by atoms with Crippen molar-refractivity contribution in [1.82, 2.24) is 0 Å². The first-order valence-corrected chi connectivity index (χ1v) is 5.61. The third-order valence-corrected chi connectivity index (χ3v) is 3.38. The Kier molecular flexibility index (Phi) is 3.10. The summed E-state index contributed by atoms with van der Waals surface area (Å²) >= 11 is 0. The van der Waals surface area contributed by atoms with Crippen molar-refractivity contribution in [3.63, 3.8) is 0 Å². The number of hydrogen-bond donors (Lipinski definition) is 0. The van der Waals surface area contributed by atoms with E-state index in [1.54, 1.807) is 6.92 Å². The summed E-state index contributed by atoms with van der Waals surface area (Å²) in [5, 5.41) is 0. The number of carbonyl (C=O) groups is 1. The molecule has 1 saturated carbocycles. The Balaban J connectivity index is 1.85. The van der Waals surface area contributed by atoms with Gasteiger partial charge in [0.15, 0.2) is 0 Å². The topological polar surface area (TPSA) is 35.5 Å². The second-order valence-electron chi connectivity index (χ2n) is 4.68. The summed E-state index contributed by atoms with van der Waals surface area (Å²) in [5.41, 5.74) is 0.486. The van der Waals surface area contributed by atoms with Gasteiger partial charge in [-0.3, -0.25) is 0 Å². The van der Waals surface area contributed by atoms with Gasteiger partial charge in [-0.15, -0.1) is 0 Å². The van der Waals surface area contributed by atoms with Crippen LogP contribution in [0.2, 0.25) is 0 Å². The summed E-state index contributed by atoms with van der Waals surface area (Å²) < 4.78 is 10.8. The highest BCUT2D eigenvalue weighted by Crippen LogP contribution is 2.36. The highest BCUT2D eigenvalue weighted by atomic mass is 16.5. The van der Waals surface area contributed by atoms with Gasteiger partial charge in [0.05, 0.1) is 0 Å². The molecule has 2 fully saturated rings. The average molecular weight is 210 g/mol. The molecule has 3 nitrogen and oxygen atoms in total. The second-order valence-corrected chi connectivity index (χ2v) is 4.68. The van der Waals surface area contributed by atoms with E-state index in [-0.39, 0.29) is 12.1 Å². The van der Waals surface area contributed by atoms with Crippen LogP contribution in [0.25, 0.3) is 0 Å². The van der Waals surface area contributed by atoms with Crippen LogP contribution >= 0.6 is 0 Å². The van der Waals surface area contributed by atoms with E-state index in [4.69, 9.17) is 9.47 Å². The van der Waals surface area contributed by atoms with Gasteiger partial charge < -0.3 is 9.47 Å². The average Bonchev–Trinajstić information content (AvgIpc) is 2.64. The van der Waals surface area contributed by atoms with Crippen molar-refractivity contribution in [3.8, 4) is 0 Å². The van der Waals surface area contributed by atoms with Crippen molar-refractivity contribution in [2.45, 2.75) is 32.3 Å². The van der Waals surface area contributed by atoms with Gasteiger partial charge in [0, 0.05) is 18.8 Å². The van der Waals surface area contributed by atoms with Crippen molar-refractivity contribution in [1.29, 1.82) is 0 Å². The number of esters is 1. The van der Waals surface area contributed by atoms with Gasteiger partial charge in [-0.2, -0.15) is 0 Å². The lowest BCUT2D eigenvalue weighted by Crippen LogP contribution is -2.30. The molecule has 84 valence electrons. The minimum absolute atomic E-state index is 0.0807. The lowest BCUT2D eigenvalue weighted by molar-refractivity contribution is -0.146. The molecule has 0 amide bonds. The first kappa shape index (κ1) is 10.7. The number of fused-ring (bicyclic) bond motifs is 1. The monoisotopic (exact) mass is 210 g/mol. The molecule has 0 radical (unpaired) electrons. The predicted octanol–water partition coefficient (Wildman–Crippen LogP) is 1.92. The fourth-order valence-corrected chi connectivity index (χ4v) is 2.44. The number of rotatable bonds is 2. The molecule has 1 heterocycles. The van der Waals surface area contributed by atoms with Gasteiger partial charge in [0.2, 0.25) is 0 Å². The van der Waals surface area contributed by atoms with Crippen LogP contribution < -0.4 is 0 Å². The SMILES string of the molecule is C=C(C)C(=O)OC1CCC2COCC2C1. The van der Waals surface area contributed by atoms with Crippen LogP contribution in [0.5, 0.6) is 0 Å². The van der Waals surface area contributed by atoms with Crippen LogP contribution in [0, 0.1) is 11.8 Å². The van der Waals surface area contributed by atoms with Crippen molar-refractivity contribution in [3.05, 3.63) is 12.2 Å². The number of hydrogen-bond acceptors (Lipinski definition) is 3. The molecule has 0 N–H and O–H groups in total. The van der Waals surface area contributed by atoms with E-state index in [1.807, 2.05) is 0 Å². The molecule has 0 bridgehead atoms. The first-order chi connectivity index (χ1) is 7.16. The third kappa shape index (κ3) is 2.40. The number of ether oxygens (including phenoxy) is 2. The summed E-state index contributed by atoms with van der Waals surface area (Å²) in [6.45, 7) is 7.01. The highest BCUT2D eigenvalue weighted by molar-refractivity contribution is 5.87. The minimum atomic E-state index is -0.252. The van der Waals surface area contributed by atoms with E-state index in [0.29, 0.717) is 17.4 Å². The van der Waals surface area contributed by atoms with Crippen molar-refractivity contribution in [2.24, 2.45) is 11.8 Å².